The van der Waals surface area contributed by atoms with E-state index < -0.39 is 0 Å². The van der Waals surface area contributed by atoms with Crippen LogP contribution < -0.4 is 0 Å². The van der Waals surface area contributed by atoms with Gasteiger partial charge in [-0.05, 0) is 49.4 Å². The number of benzene rings is 1. The second kappa shape index (κ2) is 6.76. The van der Waals surface area contributed by atoms with Gasteiger partial charge in [0.15, 0.2) is 0 Å². The van der Waals surface area contributed by atoms with Crippen LogP contribution in [0.5, 0.6) is 0 Å². The fourth-order valence-electron chi connectivity index (χ4n) is 2.61. The lowest BCUT2D eigenvalue weighted by atomic mass is 9.95. The summed E-state index contributed by atoms with van der Waals surface area (Å²) >= 11 is 11.9. The van der Waals surface area contributed by atoms with Gasteiger partial charge >= 0.3 is 0 Å². The molecular formula is C14H19Cl2NO. The molecule has 1 atom stereocenters. The van der Waals surface area contributed by atoms with E-state index in [1.165, 1.54) is 18.4 Å². The summed E-state index contributed by atoms with van der Waals surface area (Å²) in [4.78, 5) is 2.43. The molecule has 1 N–H and O–H groups in total. The van der Waals surface area contributed by atoms with Gasteiger partial charge in [-0.1, -0.05) is 29.3 Å². The smallest absolute Gasteiger partial charge is 0.0595 e. The first-order chi connectivity index (χ1) is 8.69. The average molecular weight is 288 g/mol. The highest BCUT2D eigenvalue weighted by molar-refractivity contribution is 6.42. The van der Waals surface area contributed by atoms with Crippen molar-refractivity contribution < 1.29 is 5.11 Å². The molecule has 4 heteroatoms. The monoisotopic (exact) mass is 287 g/mol. The molecule has 2 nitrogen and oxygen atoms in total. The minimum absolute atomic E-state index is 0.297. The van der Waals surface area contributed by atoms with Crippen LogP contribution in [0.4, 0.5) is 0 Å². The molecule has 1 aromatic rings. The Balaban J connectivity index is 1.93. The SMILES string of the molecule is OCCC1CCCN(Cc2ccc(Cl)c(Cl)c2)C1. The summed E-state index contributed by atoms with van der Waals surface area (Å²) in [6, 6.07) is 5.83. The Bertz CT molecular complexity index is 395. The Kier molecular flexibility index (Phi) is 5.31. The second-order valence-corrected chi connectivity index (χ2v) is 5.82. The van der Waals surface area contributed by atoms with Crippen LogP contribution in [-0.4, -0.2) is 29.7 Å². The zero-order chi connectivity index (χ0) is 13.0. The molecule has 1 saturated heterocycles. The van der Waals surface area contributed by atoms with E-state index in [-0.39, 0.29) is 0 Å². The Hall–Kier alpha value is -0.280. The number of nitrogens with zero attached hydrogens (tertiary/aromatic N) is 1. The summed E-state index contributed by atoms with van der Waals surface area (Å²) in [5.41, 5.74) is 1.20. The lowest BCUT2D eigenvalue weighted by molar-refractivity contribution is 0.142. The first-order valence-electron chi connectivity index (χ1n) is 6.46. The Morgan fingerprint density at radius 1 is 1.28 bits per heavy atom. The highest BCUT2D eigenvalue weighted by Gasteiger charge is 2.19. The van der Waals surface area contributed by atoms with Crippen LogP contribution in [0.3, 0.4) is 0 Å². The molecule has 1 aliphatic rings. The summed E-state index contributed by atoms with van der Waals surface area (Å²) in [5, 5.41) is 10.2. The third-order valence-corrected chi connectivity index (χ3v) is 4.27. The van der Waals surface area contributed by atoms with Gasteiger partial charge < -0.3 is 5.11 Å². The third kappa shape index (κ3) is 3.86. The summed E-state index contributed by atoms with van der Waals surface area (Å²) < 4.78 is 0. The van der Waals surface area contributed by atoms with Crippen molar-refractivity contribution in [3.8, 4) is 0 Å². The number of likely N-dealkylation sites (tertiary alicyclic amines) is 1. The largest absolute Gasteiger partial charge is 0.396 e. The fraction of sp³-hybridized carbons (Fsp3) is 0.571. The average Bonchev–Trinajstić information content (AvgIpc) is 2.35. The molecule has 0 saturated carbocycles. The van der Waals surface area contributed by atoms with Gasteiger partial charge in [0.25, 0.3) is 0 Å². The molecule has 0 amide bonds. The van der Waals surface area contributed by atoms with Crippen molar-refractivity contribution in [1.82, 2.24) is 4.90 Å². The minimum atomic E-state index is 0.297. The van der Waals surface area contributed by atoms with E-state index in [0.717, 1.165) is 26.1 Å². The van der Waals surface area contributed by atoms with E-state index in [4.69, 9.17) is 28.3 Å². The van der Waals surface area contributed by atoms with Crippen molar-refractivity contribution in [1.29, 1.82) is 0 Å². The quantitative estimate of drug-likeness (QED) is 0.915. The van der Waals surface area contributed by atoms with E-state index in [0.29, 0.717) is 22.6 Å². The molecule has 0 aromatic heterocycles. The van der Waals surface area contributed by atoms with Crippen LogP contribution in [0.15, 0.2) is 18.2 Å². The number of piperidine rings is 1. The van der Waals surface area contributed by atoms with Crippen molar-refractivity contribution in [2.24, 2.45) is 5.92 Å². The molecule has 100 valence electrons. The highest BCUT2D eigenvalue weighted by Crippen LogP contribution is 2.25. The molecule has 0 aliphatic carbocycles. The molecule has 0 radical (unpaired) electrons. The maximum atomic E-state index is 9.01. The maximum absolute atomic E-state index is 9.01. The van der Waals surface area contributed by atoms with Gasteiger partial charge in [0.05, 0.1) is 10.0 Å². The summed E-state index contributed by atoms with van der Waals surface area (Å²) in [6.07, 6.45) is 3.36. The van der Waals surface area contributed by atoms with E-state index >= 15 is 0 Å². The van der Waals surface area contributed by atoms with E-state index in [1.807, 2.05) is 18.2 Å². The van der Waals surface area contributed by atoms with Crippen molar-refractivity contribution in [2.45, 2.75) is 25.8 Å². The fourth-order valence-corrected chi connectivity index (χ4v) is 2.93. The normalized spacial score (nSPS) is 21.2. The first-order valence-corrected chi connectivity index (χ1v) is 7.22. The van der Waals surface area contributed by atoms with Crippen LogP contribution in [0, 0.1) is 5.92 Å². The molecule has 1 aromatic carbocycles. The number of aliphatic hydroxyl groups excluding tert-OH is 1. The van der Waals surface area contributed by atoms with Crippen LogP contribution >= 0.6 is 23.2 Å². The molecule has 1 heterocycles. The Morgan fingerprint density at radius 2 is 2.11 bits per heavy atom. The molecular weight excluding hydrogens is 269 g/mol. The topological polar surface area (TPSA) is 23.5 Å². The Labute approximate surface area is 119 Å². The molecule has 1 fully saturated rings. The summed E-state index contributed by atoms with van der Waals surface area (Å²) in [6.45, 7) is 3.41. The van der Waals surface area contributed by atoms with E-state index in [9.17, 15) is 0 Å². The number of rotatable bonds is 4. The number of halogens is 2. The van der Waals surface area contributed by atoms with Gasteiger partial charge in [0.1, 0.15) is 0 Å². The predicted octanol–water partition coefficient (Wildman–Crippen LogP) is 3.59. The van der Waals surface area contributed by atoms with Gasteiger partial charge in [-0.25, -0.2) is 0 Å². The van der Waals surface area contributed by atoms with Gasteiger partial charge in [-0.3, -0.25) is 4.90 Å². The van der Waals surface area contributed by atoms with Crippen LogP contribution in [0.25, 0.3) is 0 Å². The molecule has 1 aliphatic heterocycles. The number of hydrogen-bond acceptors (Lipinski definition) is 2. The predicted molar refractivity (Wildman–Crippen MR) is 76.2 cm³/mol. The molecule has 1 unspecified atom stereocenters. The van der Waals surface area contributed by atoms with Crippen molar-refractivity contribution in [3.63, 3.8) is 0 Å². The summed E-state index contributed by atoms with van der Waals surface area (Å²) in [5.74, 6) is 0.631. The summed E-state index contributed by atoms with van der Waals surface area (Å²) in [7, 11) is 0. The minimum Gasteiger partial charge on any atom is -0.396 e. The van der Waals surface area contributed by atoms with Gasteiger partial charge in [0, 0.05) is 19.7 Å². The van der Waals surface area contributed by atoms with Crippen LogP contribution in [0.2, 0.25) is 10.0 Å². The molecule has 2 rings (SSSR count). The third-order valence-electron chi connectivity index (χ3n) is 3.53. The second-order valence-electron chi connectivity index (χ2n) is 5.00. The number of aliphatic hydroxyl groups is 1. The highest BCUT2D eigenvalue weighted by atomic mass is 35.5. The van der Waals surface area contributed by atoms with Gasteiger partial charge in [0.2, 0.25) is 0 Å². The maximum Gasteiger partial charge on any atom is 0.0595 e. The van der Waals surface area contributed by atoms with E-state index in [1.54, 1.807) is 0 Å². The van der Waals surface area contributed by atoms with Crippen molar-refractivity contribution >= 4 is 23.2 Å². The van der Waals surface area contributed by atoms with Crippen molar-refractivity contribution in [2.75, 3.05) is 19.7 Å². The van der Waals surface area contributed by atoms with Crippen LogP contribution in [0.1, 0.15) is 24.8 Å². The molecule has 0 spiro atoms. The molecule has 18 heavy (non-hydrogen) atoms. The molecule has 0 bridgehead atoms. The zero-order valence-electron chi connectivity index (χ0n) is 10.4. The standard InChI is InChI=1S/C14H19Cl2NO/c15-13-4-3-12(8-14(13)16)10-17-6-1-2-11(9-17)5-7-18/h3-4,8,11,18H,1-2,5-7,9-10H2. The van der Waals surface area contributed by atoms with Gasteiger partial charge in [-0.2, -0.15) is 0 Å². The van der Waals surface area contributed by atoms with Crippen molar-refractivity contribution in [3.05, 3.63) is 33.8 Å². The van der Waals surface area contributed by atoms with Gasteiger partial charge in [-0.15, -0.1) is 0 Å². The Morgan fingerprint density at radius 3 is 2.83 bits per heavy atom. The van der Waals surface area contributed by atoms with E-state index in [2.05, 4.69) is 4.90 Å². The lowest BCUT2D eigenvalue weighted by Gasteiger charge is -2.32. The lowest BCUT2D eigenvalue weighted by Crippen LogP contribution is -2.35. The first kappa shape index (κ1) is 14.1. The zero-order valence-corrected chi connectivity index (χ0v) is 11.9. The number of hydrogen-bond donors (Lipinski definition) is 1. The van der Waals surface area contributed by atoms with Crippen LogP contribution in [-0.2, 0) is 6.54 Å².